The van der Waals surface area contributed by atoms with Gasteiger partial charge in [-0.25, -0.2) is 9.78 Å². The molecule has 0 saturated heterocycles. The lowest BCUT2D eigenvalue weighted by atomic mass is 10.2. The van der Waals surface area contributed by atoms with Crippen LogP contribution in [0.25, 0.3) is 11.5 Å². The van der Waals surface area contributed by atoms with Gasteiger partial charge in [0.2, 0.25) is 11.8 Å². The number of rotatable bonds is 6. The zero-order valence-electron chi connectivity index (χ0n) is 14.2. The minimum atomic E-state index is -0.798. The molecular weight excluding hydrogens is 326 g/mol. The van der Waals surface area contributed by atoms with Crippen LogP contribution in [0, 0.1) is 6.92 Å². The number of esters is 1. The third kappa shape index (κ3) is 4.66. The lowest BCUT2D eigenvalue weighted by Gasteiger charge is -2.11. The number of ether oxygens (including phenoxy) is 1. The number of aromatic nitrogens is 1. The Kier molecular flexibility index (Phi) is 5.89. The molecule has 1 heterocycles. The monoisotopic (exact) mass is 345 g/mol. The van der Waals surface area contributed by atoms with Crippen molar-refractivity contribution in [1.82, 2.24) is 15.6 Å². The molecule has 8 nitrogen and oxygen atoms in total. The van der Waals surface area contributed by atoms with Crippen molar-refractivity contribution in [3.05, 3.63) is 41.8 Å². The summed E-state index contributed by atoms with van der Waals surface area (Å²) in [6.07, 6.45) is 0. The van der Waals surface area contributed by atoms with Crippen molar-refractivity contribution < 1.29 is 23.5 Å². The summed E-state index contributed by atoms with van der Waals surface area (Å²) in [6, 6.07) is 8.36. The highest BCUT2D eigenvalue weighted by Crippen LogP contribution is 2.21. The van der Waals surface area contributed by atoms with Crippen molar-refractivity contribution in [2.45, 2.75) is 19.9 Å². The van der Waals surface area contributed by atoms with Gasteiger partial charge >= 0.3 is 5.97 Å². The topological polar surface area (TPSA) is 111 Å². The Morgan fingerprint density at radius 3 is 2.56 bits per heavy atom. The molecule has 0 bridgehead atoms. The first-order chi connectivity index (χ1) is 11.9. The average Bonchev–Trinajstić information content (AvgIpc) is 3.01. The molecule has 0 fully saturated rings. The number of aryl methyl sites for hydroxylation is 1. The summed E-state index contributed by atoms with van der Waals surface area (Å²) in [6.45, 7) is 2.81. The van der Waals surface area contributed by atoms with Gasteiger partial charge in [0, 0.05) is 5.56 Å². The van der Waals surface area contributed by atoms with E-state index in [9.17, 15) is 14.4 Å². The highest BCUT2D eigenvalue weighted by Gasteiger charge is 2.20. The molecule has 0 unspecified atom stereocenters. The molecule has 1 aromatic heterocycles. The van der Waals surface area contributed by atoms with E-state index in [4.69, 9.17) is 4.42 Å². The summed E-state index contributed by atoms with van der Waals surface area (Å²) >= 11 is 0. The largest absolute Gasteiger partial charge is 0.467 e. The molecule has 1 atom stereocenters. The van der Waals surface area contributed by atoms with Gasteiger partial charge in [0.15, 0.2) is 5.69 Å². The van der Waals surface area contributed by atoms with Crippen LogP contribution in [-0.4, -0.2) is 42.5 Å². The van der Waals surface area contributed by atoms with Crippen molar-refractivity contribution in [1.29, 1.82) is 0 Å². The molecule has 2 amide bonds. The highest BCUT2D eigenvalue weighted by molar-refractivity contribution is 5.96. The Balaban J connectivity index is 1.96. The van der Waals surface area contributed by atoms with Gasteiger partial charge in [-0.05, 0) is 26.0 Å². The van der Waals surface area contributed by atoms with E-state index in [0.29, 0.717) is 11.7 Å². The lowest BCUT2D eigenvalue weighted by Crippen LogP contribution is -2.44. The number of nitrogens with zero attached hydrogens (tertiary/aromatic N) is 1. The van der Waals surface area contributed by atoms with Gasteiger partial charge in [0.05, 0.1) is 13.7 Å². The molecule has 8 heteroatoms. The Morgan fingerprint density at radius 1 is 1.24 bits per heavy atom. The highest BCUT2D eigenvalue weighted by atomic mass is 16.5. The molecule has 0 spiro atoms. The van der Waals surface area contributed by atoms with E-state index in [2.05, 4.69) is 20.4 Å². The number of methoxy groups -OCH3 is 1. The fraction of sp³-hybridized carbons (Fsp3) is 0.294. The van der Waals surface area contributed by atoms with Gasteiger partial charge in [0.25, 0.3) is 5.91 Å². The second kappa shape index (κ2) is 8.09. The van der Waals surface area contributed by atoms with Gasteiger partial charge in [-0.3, -0.25) is 9.59 Å². The van der Waals surface area contributed by atoms with Crippen molar-refractivity contribution in [2.24, 2.45) is 0 Å². The third-order valence-electron chi connectivity index (χ3n) is 3.37. The molecular formula is C17H19N3O5. The van der Waals surface area contributed by atoms with Crippen LogP contribution in [0.5, 0.6) is 0 Å². The van der Waals surface area contributed by atoms with E-state index in [-0.39, 0.29) is 12.2 Å². The Labute approximate surface area is 144 Å². The van der Waals surface area contributed by atoms with Crippen LogP contribution in [0.3, 0.4) is 0 Å². The first-order valence-corrected chi connectivity index (χ1v) is 7.60. The van der Waals surface area contributed by atoms with Crippen LogP contribution < -0.4 is 10.6 Å². The van der Waals surface area contributed by atoms with Gasteiger partial charge < -0.3 is 19.8 Å². The van der Waals surface area contributed by atoms with Crippen molar-refractivity contribution in [2.75, 3.05) is 13.7 Å². The second-order valence-electron chi connectivity index (χ2n) is 5.28. The quantitative estimate of drug-likeness (QED) is 0.758. The maximum Gasteiger partial charge on any atom is 0.328 e. The van der Waals surface area contributed by atoms with Crippen LogP contribution >= 0.6 is 0 Å². The first-order valence-electron chi connectivity index (χ1n) is 7.60. The van der Waals surface area contributed by atoms with E-state index in [1.54, 1.807) is 6.92 Å². The van der Waals surface area contributed by atoms with E-state index in [1.807, 2.05) is 30.3 Å². The SMILES string of the molecule is COC(=O)[C@H](C)NC(=O)CNC(=O)c1nc(-c2ccccc2)oc1C. The van der Waals surface area contributed by atoms with Crippen LogP contribution in [0.2, 0.25) is 0 Å². The molecule has 2 N–H and O–H groups in total. The normalized spacial score (nSPS) is 11.5. The predicted octanol–water partition coefficient (Wildman–Crippen LogP) is 1.06. The average molecular weight is 345 g/mol. The zero-order chi connectivity index (χ0) is 18.4. The second-order valence-corrected chi connectivity index (χ2v) is 5.28. The Hall–Kier alpha value is -3.16. The Morgan fingerprint density at radius 2 is 1.92 bits per heavy atom. The number of carbonyl (C=O) groups is 3. The minimum absolute atomic E-state index is 0.104. The summed E-state index contributed by atoms with van der Waals surface area (Å²) in [5.41, 5.74) is 0.849. The van der Waals surface area contributed by atoms with Gasteiger partial charge in [-0.15, -0.1) is 0 Å². The molecule has 1 aromatic carbocycles. The maximum absolute atomic E-state index is 12.2. The minimum Gasteiger partial charge on any atom is -0.467 e. The number of amides is 2. The fourth-order valence-corrected chi connectivity index (χ4v) is 2.08. The molecule has 2 aromatic rings. The van der Waals surface area contributed by atoms with Crippen molar-refractivity contribution in [3.63, 3.8) is 0 Å². The molecule has 132 valence electrons. The van der Waals surface area contributed by atoms with Crippen LogP contribution in [-0.2, 0) is 14.3 Å². The summed E-state index contributed by atoms with van der Waals surface area (Å²) in [5, 5.41) is 4.85. The molecule has 0 saturated carbocycles. The summed E-state index contributed by atoms with van der Waals surface area (Å²) in [7, 11) is 1.23. The van der Waals surface area contributed by atoms with Crippen molar-refractivity contribution >= 4 is 17.8 Å². The number of oxazole rings is 1. The standard InChI is InChI=1S/C17H19N3O5/c1-10(17(23)24-3)19-13(21)9-18-15(22)14-11(2)25-16(20-14)12-7-5-4-6-8-12/h4-8,10H,9H2,1-3H3,(H,18,22)(H,19,21)/t10-/m0/s1. The fourth-order valence-electron chi connectivity index (χ4n) is 2.08. The molecule has 0 aliphatic heterocycles. The maximum atomic E-state index is 12.2. The van der Waals surface area contributed by atoms with Gasteiger partial charge in [-0.1, -0.05) is 18.2 Å². The number of nitrogens with one attached hydrogen (secondary N) is 2. The number of hydrogen-bond donors (Lipinski definition) is 2. The molecule has 2 rings (SSSR count). The molecule has 0 aliphatic rings. The number of carbonyl (C=O) groups excluding carboxylic acids is 3. The molecule has 0 radical (unpaired) electrons. The number of benzene rings is 1. The summed E-state index contributed by atoms with van der Waals surface area (Å²) in [5.74, 6) is -0.953. The molecule has 25 heavy (non-hydrogen) atoms. The Bertz CT molecular complexity index is 770. The van der Waals surface area contributed by atoms with E-state index in [0.717, 1.165) is 5.56 Å². The smallest absolute Gasteiger partial charge is 0.328 e. The van der Waals surface area contributed by atoms with Crippen LogP contribution in [0.1, 0.15) is 23.2 Å². The summed E-state index contributed by atoms with van der Waals surface area (Å²) in [4.78, 5) is 39.3. The van der Waals surface area contributed by atoms with Crippen LogP contribution in [0.4, 0.5) is 0 Å². The third-order valence-corrected chi connectivity index (χ3v) is 3.37. The van der Waals surface area contributed by atoms with E-state index < -0.39 is 23.8 Å². The van der Waals surface area contributed by atoms with Gasteiger partial charge in [-0.2, -0.15) is 0 Å². The lowest BCUT2D eigenvalue weighted by molar-refractivity contribution is -0.144. The van der Waals surface area contributed by atoms with Gasteiger partial charge in [0.1, 0.15) is 11.8 Å². The van der Waals surface area contributed by atoms with Crippen LogP contribution in [0.15, 0.2) is 34.7 Å². The van der Waals surface area contributed by atoms with Crippen molar-refractivity contribution in [3.8, 4) is 11.5 Å². The van der Waals surface area contributed by atoms with E-state index >= 15 is 0 Å². The summed E-state index contributed by atoms with van der Waals surface area (Å²) < 4.78 is 10.0. The molecule has 0 aliphatic carbocycles. The zero-order valence-corrected chi connectivity index (χ0v) is 14.2. The number of hydrogen-bond acceptors (Lipinski definition) is 6. The first kappa shape index (κ1) is 18.2. The predicted molar refractivity (Wildman–Crippen MR) is 88.6 cm³/mol. The van der Waals surface area contributed by atoms with E-state index in [1.165, 1.54) is 14.0 Å².